The van der Waals surface area contributed by atoms with Crippen molar-refractivity contribution in [2.75, 3.05) is 13.7 Å². The Labute approximate surface area is 93.1 Å². The van der Waals surface area contributed by atoms with E-state index in [0.29, 0.717) is 24.4 Å². The smallest absolute Gasteiger partial charge is 0.334 e. The maximum atomic E-state index is 11.2. The summed E-state index contributed by atoms with van der Waals surface area (Å²) in [4.78, 5) is 11.2. The highest BCUT2D eigenvalue weighted by molar-refractivity contribution is 5.95. The molecule has 2 rings (SSSR count). The Morgan fingerprint density at radius 2 is 2.31 bits per heavy atom. The Morgan fingerprint density at radius 3 is 2.94 bits per heavy atom. The van der Waals surface area contributed by atoms with Gasteiger partial charge in [0.15, 0.2) is 11.5 Å². The number of hydrogen-bond acceptors (Lipinski definition) is 4. The molecule has 1 aromatic carbocycles. The maximum absolute atomic E-state index is 11.2. The number of carbonyl (C=O) groups is 1. The predicted molar refractivity (Wildman–Crippen MR) is 58.2 cm³/mol. The summed E-state index contributed by atoms with van der Waals surface area (Å²) in [6, 6.07) is 4.93. The fourth-order valence-corrected chi connectivity index (χ4v) is 1.56. The molecule has 16 heavy (non-hydrogen) atoms. The number of aromatic hydroxyl groups is 1. The number of benzene rings is 1. The van der Waals surface area contributed by atoms with Crippen molar-refractivity contribution in [2.45, 2.75) is 6.42 Å². The van der Waals surface area contributed by atoms with E-state index in [2.05, 4.69) is 0 Å². The van der Waals surface area contributed by atoms with Gasteiger partial charge < -0.3 is 14.6 Å². The number of ether oxygens (including phenoxy) is 2. The van der Waals surface area contributed by atoms with Crippen LogP contribution >= 0.6 is 0 Å². The van der Waals surface area contributed by atoms with Crippen LogP contribution in [0.15, 0.2) is 23.8 Å². The number of methoxy groups -OCH3 is 1. The Morgan fingerprint density at radius 1 is 1.50 bits per heavy atom. The topological polar surface area (TPSA) is 55.8 Å². The van der Waals surface area contributed by atoms with Gasteiger partial charge in [-0.3, -0.25) is 0 Å². The second-order valence-electron chi connectivity index (χ2n) is 3.49. The van der Waals surface area contributed by atoms with E-state index in [1.807, 2.05) is 0 Å². The Kier molecular flexibility index (Phi) is 2.81. The van der Waals surface area contributed by atoms with E-state index in [1.54, 1.807) is 18.2 Å². The number of phenols is 1. The molecule has 4 heteroatoms. The molecule has 0 amide bonds. The van der Waals surface area contributed by atoms with E-state index in [-0.39, 0.29) is 11.7 Å². The molecule has 1 aliphatic rings. The molecule has 0 spiro atoms. The van der Waals surface area contributed by atoms with Crippen molar-refractivity contribution in [3.63, 3.8) is 0 Å². The summed E-state index contributed by atoms with van der Waals surface area (Å²) in [5.41, 5.74) is 1.45. The lowest BCUT2D eigenvalue weighted by molar-refractivity contribution is -0.134. The highest BCUT2D eigenvalue weighted by Gasteiger charge is 2.18. The first-order valence-electron chi connectivity index (χ1n) is 4.95. The van der Waals surface area contributed by atoms with E-state index < -0.39 is 0 Å². The van der Waals surface area contributed by atoms with Gasteiger partial charge in [-0.2, -0.15) is 0 Å². The number of rotatable bonds is 2. The molecular weight excluding hydrogens is 208 g/mol. The van der Waals surface area contributed by atoms with Crippen LogP contribution in [-0.2, 0) is 9.53 Å². The third-order valence-corrected chi connectivity index (χ3v) is 2.41. The summed E-state index contributed by atoms with van der Waals surface area (Å²) >= 11 is 0. The Bertz CT molecular complexity index is 448. The van der Waals surface area contributed by atoms with E-state index in [1.165, 1.54) is 13.2 Å². The van der Waals surface area contributed by atoms with Gasteiger partial charge in [-0.15, -0.1) is 0 Å². The fraction of sp³-hybridized carbons (Fsp3) is 0.250. The molecule has 1 heterocycles. The predicted octanol–water partition coefficient (Wildman–Crippen LogP) is 1.73. The first kappa shape index (κ1) is 10.5. The van der Waals surface area contributed by atoms with Crippen molar-refractivity contribution in [1.29, 1.82) is 0 Å². The van der Waals surface area contributed by atoms with Gasteiger partial charge in [-0.1, -0.05) is 6.07 Å². The molecular formula is C12H12O4. The van der Waals surface area contributed by atoms with Gasteiger partial charge in [-0.05, 0) is 23.8 Å². The van der Waals surface area contributed by atoms with E-state index >= 15 is 0 Å². The molecule has 0 radical (unpaired) electrons. The zero-order chi connectivity index (χ0) is 11.5. The lowest BCUT2D eigenvalue weighted by Gasteiger charge is -2.03. The minimum absolute atomic E-state index is 0.0821. The highest BCUT2D eigenvalue weighted by Crippen LogP contribution is 2.28. The molecule has 84 valence electrons. The largest absolute Gasteiger partial charge is 0.504 e. The van der Waals surface area contributed by atoms with Crippen LogP contribution in [0.2, 0.25) is 0 Å². The van der Waals surface area contributed by atoms with Gasteiger partial charge in [0.2, 0.25) is 0 Å². The molecule has 1 fully saturated rings. The number of phenolic OH excluding ortho intramolecular Hbond substituents is 1. The lowest BCUT2D eigenvalue weighted by Crippen LogP contribution is -1.94. The van der Waals surface area contributed by atoms with Crippen molar-refractivity contribution in [3.8, 4) is 11.5 Å². The number of cyclic esters (lactones) is 1. The molecule has 0 saturated carbocycles. The van der Waals surface area contributed by atoms with Crippen LogP contribution < -0.4 is 4.74 Å². The first-order chi connectivity index (χ1) is 7.70. The molecule has 0 bridgehead atoms. The molecule has 1 aliphatic heterocycles. The first-order valence-corrected chi connectivity index (χ1v) is 4.95. The Balaban J connectivity index is 2.31. The van der Waals surface area contributed by atoms with Crippen molar-refractivity contribution >= 4 is 12.0 Å². The van der Waals surface area contributed by atoms with Gasteiger partial charge >= 0.3 is 5.97 Å². The minimum Gasteiger partial charge on any atom is -0.504 e. The molecule has 4 nitrogen and oxygen atoms in total. The van der Waals surface area contributed by atoms with Gasteiger partial charge in [0, 0.05) is 12.0 Å². The number of carbonyl (C=O) groups excluding carboxylic acids is 1. The van der Waals surface area contributed by atoms with Crippen molar-refractivity contribution in [3.05, 3.63) is 29.3 Å². The summed E-state index contributed by atoms with van der Waals surface area (Å²) in [5.74, 6) is 0.200. The van der Waals surface area contributed by atoms with Gasteiger partial charge in [-0.25, -0.2) is 4.79 Å². The SMILES string of the molecule is COc1cc(/C=C2\CCOC2=O)ccc1O. The third kappa shape index (κ3) is 2.00. The average Bonchev–Trinajstić information content (AvgIpc) is 2.67. The zero-order valence-corrected chi connectivity index (χ0v) is 8.90. The standard InChI is InChI=1S/C12H12O4/c1-15-11-7-8(2-3-10(11)13)6-9-4-5-16-12(9)14/h2-3,6-7,13H,4-5H2,1H3/b9-6+. The van der Waals surface area contributed by atoms with Crippen LogP contribution in [0, 0.1) is 0 Å². The minimum atomic E-state index is -0.271. The quantitative estimate of drug-likeness (QED) is 0.609. The summed E-state index contributed by atoms with van der Waals surface area (Å²) in [5, 5.41) is 9.41. The molecule has 1 N–H and O–H groups in total. The summed E-state index contributed by atoms with van der Waals surface area (Å²) in [7, 11) is 1.48. The van der Waals surface area contributed by atoms with E-state index in [0.717, 1.165) is 5.56 Å². The van der Waals surface area contributed by atoms with Crippen molar-refractivity contribution in [1.82, 2.24) is 0 Å². The molecule has 1 saturated heterocycles. The lowest BCUT2D eigenvalue weighted by atomic mass is 10.1. The van der Waals surface area contributed by atoms with Crippen LogP contribution in [-0.4, -0.2) is 24.8 Å². The monoisotopic (exact) mass is 220 g/mol. The van der Waals surface area contributed by atoms with E-state index in [9.17, 15) is 9.90 Å². The fourth-order valence-electron chi connectivity index (χ4n) is 1.56. The summed E-state index contributed by atoms with van der Waals surface area (Å²) in [6.45, 7) is 0.444. The molecule has 0 atom stereocenters. The van der Waals surface area contributed by atoms with Crippen LogP contribution in [0.3, 0.4) is 0 Å². The van der Waals surface area contributed by atoms with Crippen LogP contribution in [0.1, 0.15) is 12.0 Å². The maximum Gasteiger partial charge on any atom is 0.334 e. The molecule has 0 unspecified atom stereocenters. The normalized spacial score (nSPS) is 17.6. The summed E-state index contributed by atoms with van der Waals surface area (Å²) in [6.07, 6.45) is 2.37. The molecule has 0 aromatic heterocycles. The van der Waals surface area contributed by atoms with E-state index in [4.69, 9.17) is 9.47 Å². The average molecular weight is 220 g/mol. The van der Waals surface area contributed by atoms with Gasteiger partial charge in [0.1, 0.15) is 0 Å². The van der Waals surface area contributed by atoms with Crippen molar-refractivity contribution < 1.29 is 19.4 Å². The zero-order valence-electron chi connectivity index (χ0n) is 8.90. The van der Waals surface area contributed by atoms with Crippen LogP contribution in [0.5, 0.6) is 11.5 Å². The Hall–Kier alpha value is -1.97. The van der Waals surface area contributed by atoms with Crippen LogP contribution in [0.25, 0.3) is 6.08 Å². The van der Waals surface area contributed by atoms with Crippen molar-refractivity contribution in [2.24, 2.45) is 0 Å². The second kappa shape index (κ2) is 4.26. The van der Waals surface area contributed by atoms with Gasteiger partial charge in [0.25, 0.3) is 0 Å². The highest BCUT2D eigenvalue weighted by atomic mass is 16.5. The molecule has 1 aromatic rings. The number of hydrogen-bond donors (Lipinski definition) is 1. The summed E-state index contributed by atoms with van der Waals surface area (Å²) < 4.78 is 9.81. The number of esters is 1. The van der Waals surface area contributed by atoms with Crippen LogP contribution in [0.4, 0.5) is 0 Å². The van der Waals surface area contributed by atoms with Gasteiger partial charge in [0.05, 0.1) is 13.7 Å². The third-order valence-electron chi connectivity index (χ3n) is 2.41. The molecule has 0 aliphatic carbocycles. The second-order valence-corrected chi connectivity index (χ2v) is 3.49.